The number of halogens is 1. The second kappa shape index (κ2) is 11.3. The summed E-state index contributed by atoms with van der Waals surface area (Å²) in [5.41, 5.74) is 1.25. The Kier molecular flexibility index (Phi) is 10.2. The lowest BCUT2D eigenvalue weighted by Gasteiger charge is -2.34. The second-order valence-electron chi connectivity index (χ2n) is 7.40. The molecule has 0 aliphatic carbocycles. The molecule has 8 heteroatoms. The summed E-state index contributed by atoms with van der Waals surface area (Å²) < 4.78 is 29.4. The number of hydrogen-bond acceptors (Lipinski definition) is 4. The Morgan fingerprint density at radius 2 is 1.82 bits per heavy atom. The Bertz CT molecular complexity index is 719. The summed E-state index contributed by atoms with van der Waals surface area (Å²) >= 11 is 0. The largest absolute Gasteiger partial charge is 0.381 e. The topological polar surface area (TPSA) is 79.8 Å². The van der Waals surface area contributed by atoms with Crippen LogP contribution in [0.4, 0.5) is 0 Å². The first-order chi connectivity index (χ1) is 12.8. The minimum absolute atomic E-state index is 0. The SMILES string of the molecule is CCNC(=NCC1(S(C)(=O)=O)CCOCC1)NC(C)C(C)c1ccccc1.I. The summed E-state index contributed by atoms with van der Waals surface area (Å²) in [6.07, 6.45) is 2.30. The van der Waals surface area contributed by atoms with Crippen LogP contribution < -0.4 is 10.6 Å². The van der Waals surface area contributed by atoms with Gasteiger partial charge in [0.1, 0.15) is 0 Å². The van der Waals surface area contributed by atoms with Crippen molar-refractivity contribution < 1.29 is 13.2 Å². The minimum atomic E-state index is -3.23. The number of nitrogens with zero attached hydrogens (tertiary/aromatic N) is 1. The number of sulfone groups is 1. The zero-order valence-electron chi connectivity index (χ0n) is 17.3. The van der Waals surface area contributed by atoms with E-state index in [0.717, 1.165) is 0 Å². The van der Waals surface area contributed by atoms with Crippen LogP contribution in [0.2, 0.25) is 0 Å². The van der Waals surface area contributed by atoms with Gasteiger partial charge in [-0.25, -0.2) is 8.42 Å². The van der Waals surface area contributed by atoms with Gasteiger partial charge in [-0.2, -0.15) is 0 Å². The molecular weight excluding hydrogens is 489 g/mol. The number of ether oxygens (including phenoxy) is 1. The van der Waals surface area contributed by atoms with E-state index >= 15 is 0 Å². The molecule has 2 atom stereocenters. The molecule has 0 bridgehead atoms. The average Bonchev–Trinajstić information content (AvgIpc) is 2.66. The molecule has 0 aromatic heterocycles. The lowest BCUT2D eigenvalue weighted by Crippen LogP contribution is -2.48. The van der Waals surface area contributed by atoms with Gasteiger partial charge in [-0.3, -0.25) is 4.99 Å². The van der Waals surface area contributed by atoms with Gasteiger partial charge in [-0.15, -0.1) is 24.0 Å². The summed E-state index contributed by atoms with van der Waals surface area (Å²) in [7, 11) is -3.23. The molecule has 1 saturated heterocycles. The Balaban J connectivity index is 0.00000392. The van der Waals surface area contributed by atoms with Gasteiger partial charge in [0.05, 0.1) is 11.3 Å². The zero-order valence-corrected chi connectivity index (χ0v) is 20.4. The normalized spacial score (nSPS) is 19.2. The maximum atomic E-state index is 12.4. The van der Waals surface area contributed by atoms with Gasteiger partial charge in [0.2, 0.25) is 0 Å². The first kappa shape index (κ1) is 25.2. The molecule has 2 rings (SSSR count). The number of benzene rings is 1. The van der Waals surface area contributed by atoms with Crippen molar-refractivity contribution in [2.45, 2.75) is 50.3 Å². The molecule has 28 heavy (non-hydrogen) atoms. The number of nitrogens with one attached hydrogen (secondary N) is 2. The molecule has 160 valence electrons. The molecule has 1 aromatic carbocycles. The molecule has 1 aliphatic rings. The monoisotopic (exact) mass is 523 g/mol. The highest BCUT2D eigenvalue weighted by atomic mass is 127. The fourth-order valence-corrected chi connectivity index (χ4v) is 4.53. The van der Waals surface area contributed by atoms with E-state index in [1.54, 1.807) is 0 Å². The molecular formula is C20H34IN3O3S. The second-order valence-corrected chi connectivity index (χ2v) is 9.81. The van der Waals surface area contributed by atoms with E-state index in [1.807, 2.05) is 25.1 Å². The highest BCUT2D eigenvalue weighted by Crippen LogP contribution is 2.29. The zero-order chi connectivity index (χ0) is 19.9. The van der Waals surface area contributed by atoms with Crippen molar-refractivity contribution in [2.24, 2.45) is 4.99 Å². The van der Waals surface area contributed by atoms with Gasteiger partial charge in [0.25, 0.3) is 0 Å². The van der Waals surface area contributed by atoms with Crippen LogP contribution in [0.5, 0.6) is 0 Å². The van der Waals surface area contributed by atoms with Crippen LogP contribution in [0.1, 0.15) is 45.1 Å². The molecule has 6 nitrogen and oxygen atoms in total. The van der Waals surface area contributed by atoms with Gasteiger partial charge in [-0.05, 0) is 32.3 Å². The van der Waals surface area contributed by atoms with Crippen molar-refractivity contribution in [2.75, 3.05) is 32.6 Å². The standard InChI is InChI=1S/C20H33N3O3S.HI/c1-5-21-19(23-17(3)16(2)18-9-7-6-8-10-18)22-15-20(27(4,24)25)11-13-26-14-12-20;/h6-10,16-17H,5,11-15H2,1-4H3,(H2,21,22,23);1H. The lowest BCUT2D eigenvalue weighted by atomic mass is 9.94. The summed E-state index contributed by atoms with van der Waals surface area (Å²) in [5, 5.41) is 6.68. The van der Waals surface area contributed by atoms with Crippen molar-refractivity contribution in [1.82, 2.24) is 10.6 Å². The van der Waals surface area contributed by atoms with Crippen LogP contribution in [0.3, 0.4) is 0 Å². The molecule has 1 aliphatic heterocycles. The number of rotatable bonds is 7. The lowest BCUT2D eigenvalue weighted by molar-refractivity contribution is 0.0768. The van der Waals surface area contributed by atoms with Crippen molar-refractivity contribution in [3.8, 4) is 0 Å². The number of guanidine groups is 1. The van der Waals surface area contributed by atoms with E-state index in [2.05, 4.69) is 41.6 Å². The van der Waals surface area contributed by atoms with Gasteiger partial charge < -0.3 is 15.4 Å². The van der Waals surface area contributed by atoms with Crippen LogP contribution in [0.15, 0.2) is 35.3 Å². The molecule has 0 saturated carbocycles. The molecule has 1 aromatic rings. The highest BCUT2D eigenvalue weighted by Gasteiger charge is 2.42. The van der Waals surface area contributed by atoms with Gasteiger partial charge in [-0.1, -0.05) is 37.3 Å². The molecule has 1 fully saturated rings. The highest BCUT2D eigenvalue weighted by molar-refractivity contribution is 14.0. The third-order valence-electron chi connectivity index (χ3n) is 5.50. The van der Waals surface area contributed by atoms with E-state index in [0.29, 0.717) is 44.5 Å². The average molecular weight is 523 g/mol. The molecule has 0 spiro atoms. The minimum Gasteiger partial charge on any atom is -0.381 e. The van der Waals surface area contributed by atoms with Crippen LogP contribution in [-0.2, 0) is 14.6 Å². The van der Waals surface area contributed by atoms with E-state index in [9.17, 15) is 8.42 Å². The molecule has 0 amide bonds. The van der Waals surface area contributed by atoms with Crippen LogP contribution in [0, 0.1) is 0 Å². The van der Waals surface area contributed by atoms with Crippen LogP contribution >= 0.6 is 24.0 Å². The summed E-state index contributed by atoms with van der Waals surface area (Å²) in [5.74, 6) is 0.948. The van der Waals surface area contributed by atoms with Gasteiger partial charge >= 0.3 is 0 Å². The van der Waals surface area contributed by atoms with Crippen LogP contribution in [-0.4, -0.2) is 57.7 Å². The summed E-state index contributed by atoms with van der Waals surface area (Å²) in [4.78, 5) is 4.65. The quantitative estimate of drug-likeness (QED) is 0.327. The van der Waals surface area contributed by atoms with E-state index in [-0.39, 0.29) is 36.6 Å². The Labute approximate surface area is 186 Å². The maximum Gasteiger partial charge on any atom is 0.191 e. The molecule has 2 N–H and O–H groups in total. The van der Waals surface area contributed by atoms with Gasteiger partial charge in [0.15, 0.2) is 15.8 Å². The molecule has 0 radical (unpaired) electrons. The Morgan fingerprint density at radius 1 is 1.21 bits per heavy atom. The van der Waals surface area contributed by atoms with Crippen LogP contribution in [0.25, 0.3) is 0 Å². The predicted octanol–water partition coefficient (Wildman–Crippen LogP) is 2.95. The number of aliphatic imine (C=N–C) groups is 1. The van der Waals surface area contributed by atoms with E-state index < -0.39 is 14.6 Å². The first-order valence-corrected chi connectivity index (χ1v) is 11.6. The first-order valence-electron chi connectivity index (χ1n) is 9.66. The fourth-order valence-electron chi connectivity index (χ4n) is 3.32. The molecule has 2 unspecified atom stereocenters. The number of hydrogen-bond donors (Lipinski definition) is 2. The van der Waals surface area contributed by atoms with Crippen molar-refractivity contribution in [3.63, 3.8) is 0 Å². The van der Waals surface area contributed by atoms with E-state index in [1.165, 1.54) is 11.8 Å². The third-order valence-corrected chi connectivity index (χ3v) is 7.61. The van der Waals surface area contributed by atoms with Crippen molar-refractivity contribution in [3.05, 3.63) is 35.9 Å². The van der Waals surface area contributed by atoms with E-state index in [4.69, 9.17) is 4.74 Å². The Hall–Kier alpha value is -0.870. The predicted molar refractivity (Wildman–Crippen MR) is 126 cm³/mol. The van der Waals surface area contributed by atoms with Crippen molar-refractivity contribution in [1.29, 1.82) is 0 Å². The smallest absolute Gasteiger partial charge is 0.191 e. The molecule has 1 heterocycles. The Morgan fingerprint density at radius 3 is 2.36 bits per heavy atom. The summed E-state index contributed by atoms with van der Waals surface area (Å²) in [6, 6.07) is 10.5. The third kappa shape index (κ3) is 6.59. The maximum absolute atomic E-state index is 12.4. The fraction of sp³-hybridized carbons (Fsp3) is 0.650. The van der Waals surface area contributed by atoms with Crippen molar-refractivity contribution >= 4 is 39.8 Å². The van der Waals surface area contributed by atoms with Gasteiger partial charge in [0, 0.05) is 38.0 Å². The summed E-state index contributed by atoms with van der Waals surface area (Å²) in [6.45, 7) is 8.19.